The van der Waals surface area contributed by atoms with Crippen molar-refractivity contribution in [1.29, 1.82) is 5.26 Å². The number of hydrogen-bond donors (Lipinski definition) is 1. The zero-order valence-electron chi connectivity index (χ0n) is 11.6. The minimum absolute atomic E-state index is 0.688. The fourth-order valence-corrected chi connectivity index (χ4v) is 2.66. The van der Waals surface area contributed by atoms with E-state index in [1.54, 1.807) is 0 Å². The number of rotatable bonds is 3. The first-order valence-corrected chi connectivity index (χ1v) is 6.84. The number of para-hydroxylation sites is 1. The first-order valence-electron chi connectivity index (χ1n) is 6.84. The second-order valence-electron chi connectivity index (χ2n) is 5.15. The molecule has 0 aliphatic carbocycles. The van der Waals surface area contributed by atoms with E-state index in [0.717, 1.165) is 25.2 Å². The molecule has 2 aromatic rings. The number of hydrogen-bond acceptors (Lipinski definition) is 3. The van der Waals surface area contributed by atoms with Gasteiger partial charge in [-0.15, -0.1) is 0 Å². The molecule has 0 saturated carbocycles. The summed E-state index contributed by atoms with van der Waals surface area (Å²) in [6.45, 7) is 1.85. The van der Waals surface area contributed by atoms with Crippen molar-refractivity contribution in [2.24, 2.45) is 0 Å². The third-order valence-electron chi connectivity index (χ3n) is 3.80. The van der Waals surface area contributed by atoms with Crippen LogP contribution in [0, 0.1) is 11.3 Å². The average Bonchev–Trinajstić information content (AvgIpc) is 2.86. The molecule has 2 aromatic carbocycles. The van der Waals surface area contributed by atoms with Gasteiger partial charge in [-0.05, 0) is 35.7 Å². The quantitative estimate of drug-likeness (QED) is 0.924. The molecule has 0 bridgehead atoms. The van der Waals surface area contributed by atoms with Gasteiger partial charge in [0.1, 0.15) is 6.07 Å². The summed E-state index contributed by atoms with van der Waals surface area (Å²) in [6, 6.07) is 16.4. The lowest BCUT2D eigenvalue weighted by atomic mass is 10.1. The first kappa shape index (κ1) is 12.6. The molecule has 3 heteroatoms. The fraction of sp³-hybridized carbons (Fsp3) is 0.235. The van der Waals surface area contributed by atoms with Crippen LogP contribution in [0.25, 0.3) is 0 Å². The number of nitrogens with one attached hydrogen (secondary N) is 1. The number of likely N-dealkylation sites (N-methyl/N-ethyl adjacent to an activating group) is 1. The van der Waals surface area contributed by atoms with Crippen LogP contribution in [0.15, 0.2) is 42.5 Å². The fourth-order valence-electron chi connectivity index (χ4n) is 2.66. The Morgan fingerprint density at radius 1 is 1.25 bits per heavy atom. The minimum atomic E-state index is 0.688. The molecule has 3 rings (SSSR count). The Hall–Kier alpha value is -2.47. The predicted octanol–water partition coefficient (Wildman–Crippen LogP) is 3.16. The lowest BCUT2D eigenvalue weighted by molar-refractivity contribution is 0.955. The van der Waals surface area contributed by atoms with Crippen molar-refractivity contribution in [3.8, 4) is 6.07 Å². The van der Waals surface area contributed by atoms with Crippen molar-refractivity contribution in [3.05, 3.63) is 59.2 Å². The number of anilines is 2. The Morgan fingerprint density at radius 3 is 2.95 bits per heavy atom. The van der Waals surface area contributed by atoms with E-state index < -0.39 is 0 Å². The van der Waals surface area contributed by atoms with Gasteiger partial charge in [0.2, 0.25) is 0 Å². The maximum absolute atomic E-state index is 9.08. The van der Waals surface area contributed by atoms with Gasteiger partial charge in [0.05, 0.1) is 11.3 Å². The molecule has 0 saturated heterocycles. The van der Waals surface area contributed by atoms with Gasteiger partial charge in [0.25, 0.3) is 0 Å². The highest BCUT2D eigenvalue weighted by Gasteiger charge is 2.15. The average molecular weight is 263 g/mol. The number of fused-ring (bicyclic) bond motifs is 1. The molecule has 0 spiro atoms. The van der Waals surface area contributed by atoms with E-state index in [-0.39, 0.29) is 0 Å². The standard InChI is InChI=1S/C17H17N3/c1-20-9-8-14-10-13(6-7-17(14)20)12-19-16-5-3-2-4-15(16)11-18/h2-7,10,19H,8-9,12H2,1H3. The van der Waals surface area contributed by atoms with Gasteiger partial charge in [-0.25, -0.2) is 0 Å². The van der Waals surface area contributed by atoms with Crippen LogP contribution < -0.4 is 10.2 Å². The highest BCUT2D eigenvalue weighted by Crippen LogP contribution is 2.27. The van der Waals surface area contributed by atoms with Crippen molar-refractivity contribution < 1.29 is 0 Å². The summed E-state index contributed by atoms with van der Waals surface area (Å²) in [5.74, 6) is 0. The van der Waals surface area contributed by atoms with Crippen LogP contribution in [0.4, 0.5) is 11.4 Å². The van der Waals surface area contributed by atoms with Crippen molar-refractivity contribution >= 4 is 11.4 Å². The monoisotopic (exact) mass is 263 g/mol. The molecule has 1 aliphatic heterocycles. The molecule has 1 heterocycles. The maximum atomic E-state index is 9.08. The molecular formula is C17H17N3. The van der Waals surface area contributed by atoms with Crippen LogP contribution in [0.5, 0.6) is 0 Å². The maximum Gasteiger partial charge on any atom is 0.101 e. The van der Waals surface area contributed by atoms with E-state index in [1.165, 1.54) is 16.8 Å². The van der Waals surface area contributed by atoms with Crippen LogP contribution in [0.1, 0.15) is 16.7 Å². The Labute approximate surface area is 119 Å². The van der Waals surface area contributed by atoms with Crippen molar-refractivity contribution in [3.63, 3.8) is 0 Å². The Kier molecular flexibility index (Phi) is 3.30. The summed E-state index contributed by atoms with van der Waals surface area (Å²) < 4.78 is 0. The summed E-state index contributed by atoms with van der Waals surface area (Å²) >= 11 is 0. The van der Waals surface area contributed by atoms with Crippen LogP contribution >= 0.6 is 0 Å². The molecule has 0 amide bonds. The Morgan fingerprint density at radius 2 is 2.10 bits per heavy atom. The van der Waals surface area contributed by atoms with Gasteiger partial charge in [0, 0.05) is 25.8 Å². The van der Waals surface area contributed by atoms with Crippen LogP contribution in [-0.2, 0) is 13.0 Å². The van der Waals surface area contributed by atoms with Crippen molar-refractivity contribution in [2.75, 3.05) is 23.8 Å². The van der Waals surface area contributed by atoms with Crippen molar-refractivity contribution in [2.45, 2.75) is 13.0 Å². The lowest BCUT2D eigenvalue weighted by Crippen LogP contribution is -2.12. The number of benzene rings is 2. The molecule has 0 aromatic heterocycles. The van der Waals surface area contributed by atoms with Gasteiger partial charge in [0.15, 0.2) is 0 Å². The van der Waals surface area contributed by atoms with Crippen molar-refractivity contribution in [1.82, 2.24) is 0 Å². The zero-order valence-corrected chi connectivity index (χ0v) is 11.6. The molecule has 0 unspecified atom stereocenters. The van der Waals surface area contributed by atoms with Gasteiger partial charge in [-0.2, -0.15) is 5.26 Å². The number of nitriles is 1. The molecule has 0 atom stereocenters. The minimum Gasteiger partial charge on any atom is -0.380 e. The Bertz CT molecular complexity index is 670. The van der Waals surface area contributed by atoms with E-state index in [2.05, 4.69) is 41.5 Å². The third kappa shape index (κ3) is 2.33. The second-order valence-corrected chi connectivity index (χ2v) is 5.15. The van der Waals surface area contributed by atoms with Crippen LogP contribution in [-0.4, -0.2) is 13.6 Å². The van der Waals surface area contributed by atoms with Gasteiger partial charge >= 0.3 is 0 Å². The molecule has 20 heavy (non-hydrogen) atoms. The molecule has 1 N–H and O–H groups in total. The third-order valence-corrected chi connectivity index (χ3v) is 3.80. The highest BCUT2D eigenvalue weighted by atomic mass is 15.1. The second kappa shape index (κ2) is 5.26. The summed E-state index contributed by atoms with van der Waals surface area (Å²) in [7, 11) is 2.13. The van der Waals surface area contributed by atoms with Gasteiger partial charge < -0.3 is 10.2 Å². The lowest BCUT2D eigenvalue weighted by Gasteiger charge is -2.13. The molecule has 3 nitrogen and oxygen atoms in total. The normalized spacial score (nSPS) is 12.9. The van der Waals surface area contributed by atoms with Gasteiger partial charge in [-0.3, -0.25) is 0 Å². The first-order chi connectivity index (χ1) is 9.78. The van der Waals surface area contributed by atoms with E-state index >= 15 is 0 Å². The highest BCUT2D eigenvalue weighted by molar-refractivity contribution is 5.60. The molecule has 1 aliphatic rings. The zero-order chi connectivity index (χ0) is 13.9. The van der Waals surface area contributed by atoms with E-state index in [4.69, 9.17) is 5.26 Å². The summed E-state index contributed by atoms with van der Waals surface area (Å²) in [5, 5.41) is 12.4. The Balaban J connectivity index is 1.75. The topological polar surface area (TPSA) is 39.1 Å². The molecular weight excluding hydrogens is 246 g/mol. The number of nitrogens with zero attached hydrogens (tertiary/aromatic N) is 2. The van der Waals surface area contributed by atoms with Gasteiger partial charge in [-0.1, -0.05) is 24.3 Å². The van der Waals surface area contributed by atoms with E-state index in [9.17, 15) is 0 Å². The summed E-state index contributed by atoms with van der Waals surface area (Å²) in [5.41, 5.74) is 5.60. The molecule has 0 fully saturated rings. The van der Waals surface area contributed by atoms with E-state index in [1.807, 2.05) is 24.3 Å². The predicted molar refractivity (Wildman–Crippen MR) is 81.9 cm³/mol. The summed E-state index contributed by atoms with van der Waals surface area (Å²) in [4.78, 5) is 2.29. The van der Waals surface area contributed by atoms with E-state index in [0.29, 0.717) is 5.56 Å². The smallest absolute Gasteiger partial charge is 0.101 e. The largest absolute Gasteiger partial charge is 0.380 e. The molecule has 0 radical (unpaired) electrons. The summed E-state index contributed by atoms with van der Waals surface area (Å²) in [6.07, 6.45) is 1.12. The molecule has 100 valence electrons. The van der Waals surface area contributed by atoms with Crippen LogP contribution in [0.3, 0.4) is 0 Å². The SMILES string of the molecule is CN1CCc2cc(CNc3ccccc3C#N)ccc21. The van der Waals surface area contributed by atoms with Crippen LogP contribution in [0.2, 0.25) is 0 Å².